The van der Waals surface area contributed by atoms with E-state index in [-0.39, 0.29) is 12.6 Å². The van der Waals surface area contributed by atoms with E-state index in [0.29, 0.717) is 13.0 Å². The minimum Gasteiger partial charge on any atom is -0.459 e. The zero-order valence-electron chi connectivity index (χ0n) is 14.3. The second-order valence-electron chi connectivity index (χ2n) is 6.93. The van der Waals surface area contributed by atoms with Crippen LogP contribution in [0.2, 0.25) is 0 Å². The molecule has 5 nitrogen and oxygen atoms in total. The predicted molar refractivity (Wildman–Crippen MR) is 86.9 cm³/mol. The van der Waals surface area contributed by atoms with Crippen molar-refractivity contribution < 1.29 is 19.1 Å². The molecule has 0 spiro atoms. The van der Waals surface area contributed by atoms with Crippen molar-refractivity contribution >= 4 is 12.1 Å². The zero-order valence-corrected chi connectivity index (χ0v) is 14.3. The fraction of sp³-hybridized carbons (Fsp3) is 0.556. The quantitative estimate of drug-likeness (QED) is 0.801. The standard InChI is InChI=1S/C18H25NO4/c1-13-7-9-14(10-8-13)12-22-16(20)15-6-5-11-19(15)17(21)23-18(2,3)4/h7-10,15H,5-6,11-12H2,1-4H3/t15-/m0/s1. The number of ether oxygens (including phenoxy) is 2. The predicted octanol–water partition coefficient (Wildman–Crippen LogP) is 3.44. The second kappa shape index (κ2) is 7.02. The molecule has 0 saturated carbocycles. The third-order valence-corrected chi connectivity index (χ3v) is 3.65. The molecule has 1 aliphatic rings. The Kier molecular flexibility index (Phi) is 5.29. The van der Waals surface area contributed by atoms with E-state index in [1.54, 1.807) is 0 Å². The van der Waals surface area contributed by atoms with Crippen LogP contribution in [0.1, 0.15) is 44.7 Å². The lowest BCUT2D eigenvalue weighted by atomic mass is 10.2. The first kappa shape index (κ1) is 17.3. The maximum atomic E-state index is 12.3. The maximum Gasteiger partial charge on any atom is 0.411 e. The molecule has 1 atom stereocenters. The third kappa shape index (κ3) is 4.98. The third-order valence-electron chi connectivity index (χ3n) is 3.65. The van der Waals surface area contributed by atoms with E-state index in [4.69, 9.17) is 9.47 Å². The normalized spacial score (nSPS) is 17.9. The molecule has 0 aromatic heterocycles. The summed E-state index contributed by atoms with van der Waals surface area (Å²) in [6, 6.07) is 7.28. The Balaban J connectivity index is 1.92. The molecule has 2 rings (SSSR count). The lowest BCUT2D eigenvalue weighted by Crippen LogP contribution is -2.44. The first-order chi connectivity index (χ1) is 10.8. The molecule has 0 aliphatic carbocycles. The Labute approximate surface area is 137 Å². The van der Waals surface area contributed by atoms with Crippen molar-refractivity contribution in [3.05, 3.63) is 35.4 Å². The van der Waals surface area contributed by atoms with Crippen LogP contribution in [0.15, 0.2) is 24.3 Å². The number of carbonyl (C=O) groups excluding carboxylic acids is 2. The lowest BCUT2D eigenvalue weighted by molar-refractivity contribution is -0.150. The summed E-state index contributed by atoms with van der Waals surface area (Å²) in [5.41, 5.74) is 1.52. The maximum absolute atomic E-state index is 12.3. The Hall–Kier alpha value is -2.04. The van der Waals surface area contributed by atoms with Gasteiger partial charge in [-0.3, -0.25) is 4.90 Å². The van der Waals surface area contributed by atoms with E-state index >= 15 is 0 Å². The van der Waals surface area contributed by atoms with Gasteiger partial charge < -0.3 is 9.47 Å². The summed E-state index contributed by atoms with van der Waals surface area (Å²) in [7, 11) is 0. The molecule has 0 bridgehead atoms. The molecule has 1 aliphatic heterocycles. The van der Waals surface area contributed by atoms with Gasteiger partial charge in [-0.15, -0.1) is 0 Å². The molecule has 0 radical (unpaired) electrons. The Morgan fingerprint density at radius 1 is 1.22 bits per heavy atom. The molecule has 1 saturated heterocycles. The van der Waals surface area contributed by atoms with Crippen LogP contribution in [0.25, 0.3) is 0 Å². The van der Waals surface area contributed by atoms with Crippen LogP contribution in [0.3, 0.4) is 0 Å². The van der Waals surface area contributed by atoms with Gasteiger partial charge in [0.15, 0.2) is 0 Å². The van der Waals surface area contributed by atoms with Gasteiger partial charge in [-0.2, -0.15) is 0 Å². The largest absolute Gasteiger partial charge is 0.459 e. The highest BCUT2D eigenvalue weighted by Gasteiger charge is 2.37. The highest BCUT2D eigenvalue weighted by Crippen LogP contribution is 2.22. The molecule has 23 heavy (non-hydrogen) atoms. The summed E-state index contributed by atoms with van der Waals surface area (Å²) in [4.78, 5) is 26.0. The fourth-order valence-corrected chi connectivity index (χ4v) is 2.49. The molecular weight excluding hydrogens is 294 g/mol. The number of benzene rings is 1. The molecule has 1 aromatic carbocycles. The second-order valence-corrected chi connectivity index (χ2v) is 6.93. The van der Waals surface area contributed by atoms with E-state index in [9.17, 15) is 9.59 Å². The van der Waals surface area contributed by atoms with Gasteiger partial charge in [-0.25, -0.2) is 9.59 Å². The Morgan fingerprint density at radius 2 is 1.87 bits per heavy atom. The highest BCUT2D eigenvalue weighted by atomic mass is 16.6. The lowest BCUT2D eigenvalue weighted by Gasteiger charge is -2.27. The Bertz CT molecular complexity index is 559. The number of esters is 1. The zero-order chi connectivity index (χ0) is 17.0. The van der Waals surface area contributed by atoms with Crippen LogP contribution >= 0.6 is 0 Å². The number of rotatable bonds is 3. The first-order valence-electron chi connectivity index (χ1n) is 7.98. The van der Waals surface area contributed by atoms with Crippen molar-refractivity contribution in [2.45, 2.75) is 58.8 Å². The van der Waals surface area contributed by atoms with Gasteiger partial charge in [0.1, 0.15) is 18.2 Å². The fourth-order valence-electron chi connectivity index (χ4n) is 2.49. The molecule has 126 valence electrons. The van der Waals surface area contributed by atoms with Crippen molar-refractivity contribution in [3.63, 3.8) is 0 Å². The number of nitrogens with zero attached hydrogens (tertiary/aromatic N) is 1. The summed E-state index contributed by atoms with van der Waals surface area (Å²) in [6.45, 7) is 8.19. The van der Waals surface area contributed by atoms with Crippen LogP contribution in [0, 0.1) is 6.92 Å². The number of amides is 1. The van der Waals surface area contributed by atoms with Crippen molar-refractivity contribution in [1.82, 2.24) is 4.90 Å². The van der Waals surface area contributed by atoms with E-state index in [2.05, 4.69) is 0 Å². The molecule has 1 aromatic rings. The summed E-state index contributed by atoms with van der Waals surface area (Å²) in [6.07, 6.45) is 0.947. The molecular formula is C18H25NO4. The summed E-state index contributed by atoms with van der Waals surface area (Å²) < 4.78 is 10.7. The number of hydrogen-bond acceptors (Lipinski definition) is 4. The molecule has 5 heteroatoms. The van der Waals surface area contributed by atoms with Gasteiger partial charge in [0, 0.05) is 6.54 Å². The topological polar surface area (TPSA) is 55.8 Å². The molecule has 1 heterocycles. The van der Waals surface area contributed by atoms with Crippen molar-refractivity contribution in [1.29, 1.82) is 0 Å². The van der Waals surface area contributed by atoms with E-state index in [1.807, 2.05) is 52.0 Å². The minimum atomic E-state index is -0.573. The molecule has 1 amide bonds. The monoisotopic (exact) mass is 319 g/mol. The van der Waals surface area contributed by atoms with Crippen LogP contribution in [-0.4, -0.2) is 35.2 Å². The minimum absolute atomic E-state index is 0.220. The first-order valence-corrected chi connectivity index (χ1v) is 7.98. The van der Waals surface area contributed by atoms with Crippen LogP contribution < -0.4 is 0 Å². The van der Waals surface area contributed by atoms with Crippen LogP contribution in [0.5, 0.6) is 0 Å². The van der Waals surface area contributed by atoms with Gasteiger partial charge in [0.25, 0.3) is 0 Å². The van der Waals surface area contributed by atoms with Crippen molar-refractivity contribution in [2.24, 2.45) is 0 Å². The molecule has 0 unspecified atom stereocenters. The number of likely N-dealkylation sites (tertiary alicyclic amines) is 1. The summed E-state index contributed by atoms with van der Waals surface area (Å²) in [5.74, 6) is -0.367. The average molecular weight is 319 g/mol. The van der Waals surface area contributed by atoms with Crippen molar-refractivity contribution in [3.8, 4) is 0 Å². The van der Waals surface area contributed by atoms with Crippen LogP contribution in [0.4, 0.5) is 4.79 Å². The smallest absolute Gasteiger partial charge is 0.411 e. The Morgan fingerprint density at radius 3 is 2.48 bits per heavy atom. The van der Waals surface area contributed by atoms with Gasteiger partial charge >= 0.3 is 12.1 Å². The number of carbonyl (C=O) groups is 2. The van der Waals surface area contributed by atoms with E-state index in [0.717, 1.165) is 17.5 Å². The van der Waals surface area contributed by atoms with E-state index in [1.165, 1.54) is 4.90 Å². The van der Waals surface area contributed by atoms with Gasteiger partial charge in [-0.05, 0) is 46.1 Å². The average Bonchev–Trinajstić information content (AvgIpc) is 2.94. The van der Waals surface area contributed by atoms with Crippen LogP contribution in [-0.2, 0) is 20.9 Å². The highest BCUT2D eigenvalue weighted by molar-refractivity contribution is 5.82. The van der Waals surface area contributed by atoms with Crippen molar-refractivity contribution in [2.75, 3.05) is 6.54 Å². The number of aryl methyl sites for hydroxylation is 1. The molecule has 1 fully saturated rings. The SMILES string of the molecule is Cc1ccc(COC(=O)[C@@H]2CCCN2C(=O)OC(C)(C)C)cc1. The van der Waals surface area contributed by atoms with E-state index < -0.39 is 17.7 Å². The van der Waals surface area contributed by atoms with Gasteiger partial charge in [0.2, 0.25) is 0 Å². The summed E-state index contributed by atoms with van der Waals surface area (Å²) >= 11 is 0. The summed E-state index contributed by atoms with van der Waals surface area (Å²) in [5, 5.41) is 0. The molecule has 0 N–H and O–H groups in total. The van der Waals surface area contributed by atoms with Gasteiger partial charge in [-0.1, -0.05) is 29.8 Å². The number of hydrogen-bond donors (Lipinski definition) is 0. The van der Waals surface area contributed by atoms with Gasteiger partial charge in [0.05, 0.1) is 0 Å².